The summed E-state index contributed by atoms with van der Waals surface area (Å²) >= 11 is 0. The van der Waals surface area contributed by atoms with Crippen LogP contribution in [0.5, 0.6) is 0 Å². The van der Waals surface area contributed by atoms with Crippen LogP contribution in [-0.4, -0.2) is 62.1 Å². The van der Waals surface area contributed by atoms with Crippen LogP contribution in [0, 0.1) is 0 Å². The van der Waals surface area contributed by atoms with E-state index in [2.05, 4.69) is 9.97 Å². The molecule has 2 aromatic heterocycles. The molecule has 10 nitrogen and oxygen atoms in total. The Morgan fingerprint density at radius 2 is 1.88 bits per heavy atom. The van der Waals surface area contributed by atoms with Crippen molar-refractivity contribution in [1.82, 2.24) is 24.3 Å². The second-order valence-corrected chi connectivity index (χ2v) is 8.69. The summed E-state index contributed by atoms with van der Waals surface area (Å²) < 4.78 is 12.0. The van der Waals surface area contributed by atoms with Crippen LogP contribution in [0.3, 0.4) is 0 Å². The minimum atomic E-state index is -0.554. The average Bonchev–Trinajstić information content (AvgIpc) is 3.38. The largest absolute Gasteiger partial charge is 0.465 e. The molecule has 2 N–H and O–H groups in total. The quantitative estimate of drug-likeness (QED) is 0.619. The Hall–Kier alpha value is -3.69. The van der Waals surface area contributed by atoms with Gasteiger partial charge in [-0.25, -0.2) is 28.9 Å². The summed E-state index contributed by atoms with van der Waals surface area (Å²) in [7, 11) is 1.34. The highest BCUT2D eigenvalue weighted by atomic mass is 16.6. The summed E-state index contributed by atoms with van der Waals surface area (Å²) in [5, 5.41) is 0. The number of amides is 1. The molecule has 0 radical (unpaired) electrons. The number of methoxy groups -OCH3 is 1. The van der Waals surface area contributed by atoms with Gasteiger partial charge < -0.3 is 20.1 Å². The fraction of sp³-hybridized carbons (Fsp3) is 0.409. The molecular weight excluding hydrogens is 412 g/mol. The predicted octanol–water partition coefficient (Wildman–Crippen LogP) is 2.88. The number of benzene rings is 1. The van der Waals surface area contributed by atoms with Gasteiger partial charge in [-0.05, 0) is 39.3 Å². The van der Waals surface area contributed by atoms with Gasteiger partial charge in [0.2, 0.25) is 5.95 Å². The summed E-state index contributed by atoms with van der Waals surface area (Å²) in [5.74, 6) is 0.388. The fourth-order valence-electron chi connectivity index (χ4n) is 3.79. The average molecular weight is 438 g/mol. The Kier molecular flexibility index (Phi) is 5.45. The van der Waals surface area contributed by atoms with Gasteiger partial charge in [-0.15, -0.1) is 0 Å². The third-order valence-corrected chi connectivity index (χ3v) is 5.27. The number of aromatic nitrogens is 4. The number of carbonyl (C=O) groups is 2. The molecule has 0 spiro atoms. The van der Waals surface area contributed by atoms with E-state index in [4.69, 9.17) is 20.2 Å². The van der Waals surface area contributed by atoms with E-state index in [1.54, 1.807) is 33.6 Å². The number of imidazole rings is 1. The number of ether oxygens (including phenoxy) is 2. The number of nitrogen functional groups attached to an aromatic ring is 1. The van der Waals surface area contributed by atoms with Gasteiger partial charge >= 0.3 is 12.1 Å². The maximum atomic E-state index is 12.5. The van der Waals surface area contributed by atoms with Crippen molar-refractivity contribution in [3.63, 3.8) is 0 Å². The van der Waals surface area contributed by atoms with Crippen molar-refractivity contribution >= 4 is 23.7 Å². The Labute approximate surface area is 185 Å². The molecule has 32 heavy (non-hydrogen) atoms. The second kappa shape index (κ2) is 8.10. The zero-order chi connectivity index (χ0) is 23.0. The van der Waals surface area contributed by atoms with Crippen molar-refractivity contribution in [3.05, 3.63) is 41.9 Å². The van der Waals surface area contributed by atoms with E-state index in [1.165, 1.54) is 13.4 Å². The fourth-order valence-corrected chi connectivity index (χ4v) is 3.79. The smallest absolute Gasteiger partial charge is 0.410 e. The van der Waals surface area contributed by atoms with Crippen LogP contribution >= 0.6 is 0 Å². The van der Waals surface area contributed by atoms with Crippen molar-refractivity contribution in [1.29, 1.82) is 0 Å². The van der Waals surface area contributed by atoms with E-state index < -0.39 is 11.6 Å². The molecule has 1 aliphatic heterocycles. The molecule has 1 aromatic carbocycles. The van der Waals surface area contributed by atoms with Crippen LogP contribution in [0.15, 0.2) is 30.6 Å². The number of rotatable bonds is 3. The highest BCUT2D eigenvalue weighted by molar-refractivity contribution is 5.89. The molecule has 3 heterocycles. The topological polar surface area (TPSA) is 125 Å². The van der Waals surface area contributed by atoms with Crippen LogP contribution in [-0.2, 0) is 9.47 Å². The lowest BCUT2D eigenvalue weighted by Crippen LogP contribution is -2.35. The van der Waals surface area contributed by atoms with Crippen LogP contribution < -0.4 is 5.73 Å². The third-order valence-electron chi connectivity index (χ3n) is 5.27. The Bertz CT molecular complexity index is 1170. The molecule has 168 valence electrons. The summed E-state index contributed by atoms with van der Waals surface area (Å²) in [5.41, 5.74) is 8.14. The zero-order valence-corrected chi connectivity index (χ0v) is 18.5. The first kappa shape index (κ1) is 21.5. The first-order chi connectivity index (χ1) is 15.2. The highest BCUT2D eigenvalue weighted by Gasteiger charge is 2.34. The van der Waals surface area contributed by atoms with Crippen molar-refractivity contribution in [3.8, 4) is 11.4 Å². The summed E-state index contributed by atoms with van der Waals surface area (Å²) in [6, 6.07) is 6.89. The summed E-state index contributed by atoms with van der Waals surface area (Å²) in [4.78, 5) is 39.3. The number of esters is 1. The molecule has 3 aromatic rings. The molecule has 4 rings (SSSR count). The van der Waals surface area contributed by atoms with E-state index in [-0.39, 0.29) is 18.0 Å². The lowest BCUT2D eigenvalue weighted by atomic mass is 10.1. The van der Waals surface area contributed by atoms with Crippen LogP contribution in [0.4, 0.5) is 10.7 Å². The summed E-state index contributed by atoms with van der Waals surface area (Å²) in [6.45, 7) is 6.59. The van der Waals surface area contributed by atoms with Gasteiger partial charge in [-0.2, -0.15) is 0 Å². The number of hydrogen-bond acceptors (Lipinski definition) is 8. The lowest BCUT2D eigenvalue weighted by molar-refractivity contribution is 0.0292. The lowest BCUT2D eigenvalue weighted by Gasteiger charge is -2.24. The SMILES string of the molecule is COC(=O)c1ccc(-c2nc(C3CCN(C(=O)OC(C)(C)C)C3)c3ncnc(N)n23)cc1. The predicted molar refractivity (Wildman–Crippen MR) is 117 cm³/mol. The van der Waals surface area contributed by atoms with Crippen LogP contribution in [0.2, 0.25) is 0 Å². The highest BCUT2D eigenvalue weighted by Crippen LogP contribution is 2.33. The molecular formula is C22H26N6O4. The maximum absolute atomic E-state index is 12.5. The molecule has 10 heteroatoms. The van der Waals surface area contributed by atoms with E-state index >= 15 is 0 Å². The molecule has 1 unspecified atom stereocenters. The Balaban J connectivity index is 1.68. The van der Waals surface area contributed by atoms with Crippen molar-refractivity contribution < 1.29 is 19.1 Å². The third kappa shape index (κ3) is 4.08. The number of likely N-dealkylation sites (tertiary alicyclic amines) is 1. The minimum absolute atomic E-state index is 0.0186. The van der Waals surface area contributed by atoms with E-state index in [1.807, 2.05) is 20.8 Å². The molecule has 1 amide bonds. The van der Waals surface area contributed by atoms with Gasteiger partial charge in [-0.3, -0.25) is 0 Å². The molecule has 1 aliphatic rings. The van der Waals surface area contributed by atoms with Gasteiger partial charge in [0.1, 0.15) is 17.8 Å². The normalized spacial score (nSPS) is 16.4. The van der Waals surface area contributed by atoms with E-state index in [9.17, 15) is 9.59 Å². The van der Waals surface area contributed by atoms with Gasteiger partial charge in [0.05, 0.1) is 18.4 Å². The van der Waals surface area contributed by atoms with Crippen molar-refractivity contribution in [2.24, 2.45) is 0 Å². The van der Waals surface area contributed by atoms with Gasteiger partial charge in [-0.1, -0.05) is 12.1 Å². The molecule has 1 fully saturated rings. The van der Waals surface area contributed by atoms with Crippen LogP contribution in [0.25, 0.3) is 17.0 Å². The maximum Gasteiger partial charge on any atom is 0.410 e. The van der Waals surface area contributed by atoms with Gasteiger partial charge in [0.25, 0.3) is 0 Å². The van der Waals surface area contributed by atoms with Gasteiger partial charge in [0, 0.05) is 24.6 Å². The molecule has 0 aliphatic carbocycles. The number of anilines is 1. The number of hydrogen-bond donors (Lipinski definition) is 1. The monoisotopic (exact) mass is 438 g/mol. The molecule has 1 saturated heterocycles. The number of nitrogens with two attached hydrogens (primary N) is 1. The first-order valence-corrected chi connectivity index (χ1v) is 10.3. The second-order valence-electron chi connectivity index (χ2n) is 8.69. The van der Waals surface area contributed by atoms with Crippen molar-refractivity contribution in [2.75, 3.05) is 25.9 Å². The standard InChI is InChI=1S/C22H26N6O4/c1-22(2,3)32-21(30)27-10-9-15(11-27)16-18-24-12-25-20(23)28(18)17(26-16)13-5-7-14(8-6-13)19(29)31-4/h5-8,12,15H,9-11H2,1-4H3,(H2,23,24,25). The van der Waals surface area contributed by atoms with Crippen molar-refractivity contribution in [2.45, 2.75) is 38.7 Å². The molecule has 1 atom stereocenters. The van der Waals surface area contributed by atoms with E-state index in [0.717, 1.165) is 17.7 Å². The van der Waals surface area contributed by atoms with Gasteiger partial charge in [0.15, 0.2) is 5.65 Å². The first-order valence-electron chi connectivity index (χ1n) is 10.3. The number of fused-ring (bicyclic) bond motifs is 1. The molecule has 0 bridgehead atoms. The Morgan fingerprint density at radius 3 is 2.53 bits per heavy atom. The van der Waals surface area contributed by atoms with Crippen LogP contribution in [0.1, 0.15) is 49.2 Å². The number of nitrogens with zero attached hydrogens (tertiary/aromatic N) is 5. The summed E-state index contributed by atoms with van der Waals surface area (Å²) in [6.07, 6.45) is 1.80. The van der Waals surface area contributed by atoms with E-state index in [0.29, 0.717) is 30.1 Å². The zero-order valence-electron chi connectivity index (χ0n) is 18.5. The number of carbonyl (C=O) groups excluding carboxylic acids is 2. The Morgan fingerprint density at radius 1 is 1.16 bits per heavy atom. The molecule has 0 saturated carbocycles. The minimum Gasteiger partial charge on any atom is -0.465 e.